The number of H-pyrrole nitrogens is 1. The van der Waals surface area contributed by atoms with Gasteiger partial charge in [0.05, 0.1) is 6.10 Å². The highest BCUT2D eigenvalue weighted by molar-refractivity contribution is 6.07. The summed E-state index contributed by atoms with van der Waals surface area (Å²) in [4.78, 5) is 28.7. The summed E-state index contributed by atoms with van der Waals surface area (Å²) in [6.07, 6.45) is 8.54. The second kappa shape index (κ2) is 11.7. The molecule has 9 nitrogen and oxygen atoms in total. The summed E-state index contributed by atoms with van der Waals surface area (Å²) in [5, 5.41) is 2.30. The molecule has 1 aromatic carbocycles. The van der Waals surface area contributed by atoms with Crippen LogP contribution in [0.15, 0.2) is 55.0 Å². The zero-order chi connectivity index (χ0) is 28.4. The molecule has 1 saturated heterocycles. The van der Waals surface area contributed by atoms with Crippen LogP contribution in [0.25, 0.3) is 32.9 Å². The minimum atomic E-state index is -0.452. The van der Waals surface area contributed by atoms with Gasteiger partial charge in [-0.1, -0.05) is 12.1 Å². The molecule has 4 aromatic rings. The van der Waals surface area contributed by atoms with Crippen LogP contribution in [-0.2, 0) is 9.47 Å². The lowest BCUT2D eigenvalue weighted by molar-refractivity contribution is -0.0640. The maximum Gasteiger partial charge on any atom is 0.410 e. The van der Waals surface area contributed by atoms with Gasteiger partial charge in [0.1, 0.15) is 11.7 Å². The van der Waals surface area contributed by atoms with Crippen molar-refractivity contribution in [3.8, 4) is 17.0 Å². The van der Waals surface area contributed by atoms with E-state index in [2.05, 4.69) is 44.1 Å². The zero-order valence-electron chi connectivity index (χ0n) is 24.1. The van der Waals surface area contributed by atoms with Gasteiger partial charge in [-0.05, 0) is 51.0 Å². The largest absolute Gasteiger partial charge is 0.474 e. The van der Waals surface area contributed by atoms with Crippen LogP contribution < -0.4 is 4.74 Å². The zero-order valence-corrected chi connectivity index (χ0v) is 24.1. The van der Waals surface area contributed by atoms with Crippen LogP contribution in [0.3, 0.4) is 0 Å². The van der Waals surface area contributed by atoms with E-state index in [9.17, 15) is 4.79 Å². The Balaban J connectivity index is 0.888. The molecule has 3 aromatic heterocycles. The molecule has 2 fully saturated rings. The van der Waals surface area contributed by atoms with E-state index < -0.39 is 5.60 Å². The molecule has 0 spiro atoms. The second-order valence-corrected chi connectivity index (χ2v) is 12.1. The minimum absolute atomic E-state index is 0.149. The van der Waals surface area contributed by atoms with Gasteiger partial charge < -0.3 is 24.1 Å². The number of pyridine rings is 2. The highest BCUT2D eigenvalue weighted by Crippen LogP contribution is 2.31. The van der Waals surface area contributed by atoms with Gasteiger partial charge >= 0.3 is 6.09 Å². The van der Waals surface area contributed by atoms with Crippen molar-refractivity contribution in [1.29, 1.82) is 0 Å². The Kier molecular flexibility index (Phi) is 7.81. The van der Waals surface area contributed by atoms with Gasteiger partial charge in [0, 0.05) is 104 Å². The predicted octanol–water partition coefficient (Wildman–Crippen LogP) is 5.65. The number of rotatable bonds is 8. The minimum Gasteiger partial charge on any atom is -0.474 e. The molecule has 6 rings (SSSR count). The fourth-order valence-electron chi connectivity index (χ4n) is 5.49. The summed E-state index contributed by atoms with van der Waals surface area (Å²) in [6.45, 7) is 10.6. The summed E-state index contributed by atoms with van der Waals surface area (Å²) in [5.41, 5.74) is 3.89. The molecular formula is C32H39N5O4. The number of nitrogens with one attached hydrogen (secondary N) is 1. The van der Waals surface area contributed by atoms with E-state index in [0.29, 0.717) is 19.0 Å². The fourth-order valence-corrected chi connectivity index (χ4v) is 5.49. The first-order chi connectivity index (χ1) is 19.8. The van der Waals surface area contributed by atoms with Gasteiger partial charge in [0.2, 0.25) is 5.88 Å². The quantitative estimate of drug-likeness (QED) is 0.280. The number of fused-ring (bicyclic) bond motifs is 3. The average molecular weight is 558 g/mol. The number of benzene rings is 1. The van der Waals surface area contributed by atoms with Crippen molar-refractivity contribution in [2.45, 2.75) is 57.8 Å². The third kappa shape index (κ3) is 6.63. The molecule has 2 aliphatic rings. The Labute approximate surface area is 240 Å². The summed E-state index contributed by atoms with van der Waals surface area (Å²) >= 11 is 0. The molecule has 0 radical (unpaired) electrons. The van der Waals surface area contributed by atoms with Crippen molar-refractivity contribution in [2.75, 3.05) is 39.3 Å². The van der Waals surface area contributed by atoms with Gasteiger partial charge in [0.25, 0.3) is 0 Å². The van der Waals surface area contributed by atoms with E-state index in [1.165, 1.54) is 5.39 Å². The fraction of sp³-hybridized carbons (Fsp3) is 0.469. The van der Waals surface area contributed by atoms with Crippen molar-refractivity contribution in [2.24, 2.45) is 0 Å². The summed E-state index contributed by atoms with van der Waals surface area (Å²) in [6, 6.07) is 12.4. The Bertz CT molecular complexity index is 1480. The Morgan fingerprint density at radius 1 is 0.951 bits per heavy atom. The molecular weight excluding hydrogens is 518 g/mol. The van der Waals surface area contributed by atoms with Gasteiger partial charge in [-0.25, -0.2) is 9.78 Å². The van der Waals surface area contributed by atoms with Gasteiger partial charge in [-0.2, -0.15) is 0 Å². The summed E-state index contributed by atoms with van der Waals surface area (Å²) in [7, 11) is 0. The first-order valence-electron chi connectivity index (χ1n) is 14.6. The SMILES string of the molecule is CC(C)(C)OC(=O)N1CCN(CCCO[C@H]2C[C@@H](Oc3ccc(-c4ccc5c(c4)[nH]c4ccncc45)cn3)C2)CC1. The normalized spacial score (nSPS) is 19.8. The molecule has 0 unspecified atom stereocenters. The molecule has 0 bridgehead atoms. The van der Waals surface area contributed by atoms with Crippen LogP contribution >= 0.6 is 0 Å². The predicted molar refractivity (Wildman–Crippen MR) is 159 cm³/mol. The van der Waals surface area contributed by atoms with Crippen LogP contribution in [-0.4, -0.2) is 88.0 Å². The van der Waals surface area contributed by atoms with Crippen molar-refractivity contribution in [1.82, 2.24) is 24.8 Å². The maximum atomic E-state index is 12.2. The Hall–Kier alpha value is -3.69. The Morgan fingerprint density at radius 3 is 2.51 bits per heavy atom. The van der Waals surface area contributed by atoms with Gasteiger partial charge in [-0.15, -0.1) is 0 Å². The number of hydrogen-bond acceptors (Lipinski definition) is 7. The summed E-state index contributed by atoms with van der Waals surface area (Å²) < 4.78 is 17.6. The van der Waals surface area contributed by atoms with E-state index in [1.54, 1.807) is 11.1 Å². The molecule has 1 saturated carbocycles. The standard InChI is InChI=1S/C32H39N5O4/c1-32(2,3)41-31(38)37-14-12-36(13-15-37)11-4-16-39-24-18-25(19-24)40-30-8-6-23(20-34-30)22-5-7-26-27-21-33-10-9-28(27)35-29(26)17-22/h5-10,17,20-21,24-25,35H,4,11-16,18-19H2,1-3H3/t24-,25+. The highest BCUT2D eigenvalue weighted by atomic mass is 16.6. The first-order valence-corrected chi connectivity index (χ1v) is 14.6. The van der Waals surface area contributed by atoms with Crippen molar-refractivity contribution >= 4 is 27.9 Å². The summed E-state index contributed by atoms with van der Waals surface area (Å²) in [5.74, 6) is 0.653. The lowest BCUT2D eigenvalue weighted by atomic mass is 9.92. The lowest BCUT2D eigenvalue weighted by Gasteiger charge is -2.36. The number of ether oxygens (including phenoxy) is 3. The van der Waals surface area contributed by atoms with E-state index >= 15 is 0 Å². The lowest BCUT2D eigenvalue weighted by Crippen LogP contribution is -2.50. The third-order valence-corrected chi connectivity index (χ3v) is 7.81. The molecule has 41 heavy (non-hydrogen) atoms. The van der Waals surface area contributed by atoms with Crippen LogP contribution in [0.4, 0.5) is 4.79 Å². The number of aromatic amines is 1. The van der Waals surface area contributed by atoms with Crippen LogP contribution in [0.2, 0.25) is 0 Å². The number of aromatic nitrogens is 3. The molecule has 1 aliphatic carbocycles. The molecule has 9 heteroatoms. The highest BCUT2D eigenvalue weighted by Gasteiger charge is 2.32. The van der Waals surface area contributed by atoms with E-state index in [1.807, 2.05) is 45.3 Å². The molecule has 4 heterocycles. The smallest absolute Gasteiger partial charge is 0.410 e. The molecule has 0 atom stereocenters. The average Bonchev–Trinajstić information content (AvgIpc) is 3.31. The number of nitrogens with zero attached hydrogens (tertiary/aromatic N) is 4. The number of carbonyl (C=O) groups excluding carboxylic acids is 1. The Morgan fingerprint density at radius 2 is 1.76 bits per heavy atom. The van der Waals surface area contributed by atoms with Gasteiger partial charge in [-0.3, -0.25) is 9.88 Å². The van der Waals surface area contributed by atoms with Crippen LogP contribution in [0, 0.1) is 0 Å². The third-order valence-electron chi connectivity index (χ3n) is 7.81. The molecule has 1 N–H and O–H groups in total. The first kappa shape index (κ1) is 27.5. The van der Waals surface area contributed by atoms with E-state index in [4.69, 9.17) is 14.2 Å². The monoisotopic (exact) mass is 557 g/mol. The van der Waals surface area contributed by atoms with Crippen LogP contribution in [0.5, 0.6) is 5.88 Å². The number of carbonyl (C=O) groups is 1. The van der Waals surface area contributed by atoms with Crippen LogP contribution in [0.1, 0.15) is 40.0 Å². The number of amides is 1. The molecule has 1 aliphatic heterocycles. The van der Waals surface area contributed by atoms with Crippen molar-refractivity contribution in [3.63, 3.8) is 0 Å². The van der Waals surface area contributed by atoms with E-state index in [0.717, 1.165) is 73.1 Å². The topological polar surface area (TPSA) is 92.8 Å². The second-order valence-electron chi connectivity index (χ2n) is 12.1. The maximum absolute atomic E-state index is 12.2. The van der Waals surface area contributed by atoms with Crippen molar-refractivity contribution < 1.29 is 19.0 Å². The number of piperazine rings is 1. The number of hydrogen-bond donors (Lipinski definition) is 1. The van der Waals surface area contributed by atoms with Crippen molar-refractivity contribution in [3.05, 3.63) is 55.0 Å². The molecule has 216 valence electrons. The van der Waals surface area contributed by atoms with E-state index in [-0.39, 0.29) is 18.3 Å². The van der Waals surface area contributed by atoms with Gasteiger partial charge in [0.15, 0.2) is 0 Å². The molecule has 1 amide bonds.